The Morgan fingerprint density at radius 1 is 1.16 bits per heavy atom. The molecule has 6 rings (SSSR count). The van der Waals surface area contributed by atoms with Gasteiger partial charge in [-0.25, -0.2) is 15.0 Å². The number of para-hydroxylation sites is 2. The second-order valence-corrected chi connectivity index (χ2v) is 9.88. The van der Waals surface area contributed by atoms with Crippen LogP contribution in [0.1, 0.15) is 11.9 Å². The molecule has 1 aromatic carbocycles. The Hall–Kier alpha value is -4.00. The van der Waals surface area contributed by atoms with Gasteiger partial charge in [0.15, 0.2) is 11.5 Å². The number of halogens is 3. The number of alkyl halides is 3. The van der Waals surface area contributed by atoms with Crippen LogP contribution in [0.4, 0.5) is 18.2 Å². The fourth-order valence-corrected chi connectivity index (χ4v) is 5.56. The number of aromatic amines is 1. The Morgan fingerprint density at radius 3 is 2.76 bits per heavy atom. The lowest BCUT2D eigenvalue weighted by atomic mass is 10.2. The minimum atomic E-state index is -4.57. The van der Waals surface area contributed by atoms with Gasteiger partial charge in [0.25, 0.3) is 0 Å². The monoisotopic (exact) mass is 526 g/mol. The molecule has 0 aliphatic carbocycles. The number of carbonyl (C=O) groups is 1. The van der Waals surface area contributed by atoms with Gasteiger partial charge in [-0.2, -0.15) is 18.3 Å². The molecule has 190 valence electrons. The summed E-state index contributed by atoms with van der Waals surface area (Å²) >= 11 is 0.600. The molecule has 0 radical (unpaired) electrons. The van der Waals surface area contributed by atoms with Crippen LogP contribution in [0.15, 0.2) is 48.8 Å². The molecule has 1 N–H and O–H groups in total. The van der Waals surface area contributed by atoms with Gasteiger partial charge >= 0.3 is 6.18 Å². The van der Waals surface area contributed by atoms with E-state index in [0.717, 1.165) is 10.9 Å². The van der Waals surface area contributed by atoms with E-state index in [2.05, 4.69) is 25.0 Å². The zero-order valence-electron chi connectivity index (χ0n) is 19.6. The van der Waals surface area contributed by atoms with Crippen molar-refractivity contribution >= 4 is 44.3 Å². The number of amides is 1. The second kappa shape index (κ2) is 8.83. The van der Waals surface area contributed by atoms with E-state index in [1.54, 1.807) is 34.1 Å². The highest BCUT2D eigenvalue weighted by Crippen LogP contribution is 2.42. The molecule has 1 saturated heterocycles. The van der Waals surface area contributed by atoms with Gasteiger partial charge in [-0.15, -0.1) is 0 Å². The summed E-state index contributed by atoms with van der Waals surface area (Å²) in [6.45, 7) is 3.03. The summed E-state index contributed by atoms with van der Waals surface area (Å²) in [5.74, 6) is 0.172. The predicted molar refractivity (Wildman–Crippen MR) is 133 cm³/mol. The molecule has 5 heterocycles. The predicted octanol–water partition coefficient (Wildman–Crippen LogP) is 4.19. The van der Waals surface area contributed by atoms with Gasteiger partial charge in [0, 0.05) is 43.5 Å². The van der Waals surface area contributed by atoms with Crippen LogP contribution >= 0.6 is 11.3 Å². The summed E-state index contributed by atoms with van der Waals surface area (Å²) in [5, 5.41) is 4.65. The lowest BCUT2D eigenvalue weighted by molar-refractivity contribution is -0.137. The first kappa shape index (κ1) is 23.4. The number of rotatable bonds is 4. The number of nitrogens with one attached hydrogen (secondary N) is 1. The van der Waals surface area contributed by atoms with Crippen LogP contribution in [0.2, 0.25) is 0 Å². The number of H-pyrrole nitrogens is 1. The van der Waals surface area contributed by atoms with Crippen LogP contribution in [-0.2, 0) is 17.5 Å². The van der Waals surface area contributed by atoms with Crippen molar-refractivity contribution in [2.75, 3.05) is 24.5 Å². The van der Waals surface area contributed by atoms with E-state index in [9.17, 15) is 18.0 Å². The number of fused-ring (bicyclic) bond motifs is 2. The summed E-state index contributed by atoms with van der Waals surface area (Å²) in [5.41, 5.74) is 2.10. The van der Waals surface area contributed by atoms with E-state index >= 15 is 0 Å². The molecule has 0 unspecified atom stereocenters. The van der Waals surface area contributed by atoms with Gasteiger partial charge in [-0.05, 0) is 31.2 Å². The van der Waals surface area contributed by atoms with Gasteiger partial charge in [0.2, 0.25) is 10.9 Å². The number of anilines is 1. The van der Waals surface area contributed by atoms with Crippen molar-refractivity contribution in [3.05, 3.63) is 53.8 Å². The molecule has 1 aliphatic heterocycles. The van der Waals surface area contributed by atoms with Crippen molar-refractivity contribution in [2.24, 2.45) is 0 Å². The van der Waals surface area contributed by atoms with E-state index in [4.69, 9.17) is 0 Å². The SMILES string of the molecule is C[C@@H]1CN(c2sc(C(F)(F)F)nc2-c2nc3ccccc3[nH]2)CCN1C(=O)Cn1cc2cccnc2n1. The number of thiazole rings is 1. The van der Waals surface area contributed by atoms with Crippen molar-refractivity contribution < 1.29 is 18.0 Å². The molecule has 9 nitrogen and oxygen atoms in total. The third-order valence-electron chi connectivity index (χ3n) is 6.33. The third kappa shape index (κ3) is 4.39. The Balaban J connectivity index is 1.24. The Morgan fingerprint density at radius 2 is 2.00 bits per heavy atom. The number of nitrogens with zero attached hydrogens (tertiary/aromatic N) is 7. The van der Waals surface area contributed by atoms with Crippen molar-refractivity contribution in [1.82, 2.24) is 34.6 Å². The lowest BCUT2D eigenvalue weighted by Gasteiger charge is -2.40. The molecular weight excluding hydrogens is 505 g/mol. The smallest absolute Gasteiger partial charge is 0.358 e. The van der Waals surface area contributed by atoms with Gasteiger partial charge in [0.05, 0.1) is 11.0 Å². The molecule has 0 bridgehead atoms. The first-order valence-corrected chi connectivity index (χ1v) is 12.4. The van der Waals surface area contributed by atoms with E-state index < -0.39 is 11.2 Å². The summed E-state index contributed by atoms with van der Waals surface area (Å²) in [6.07, 6.45) is -1.15. The molecule has 13 heteroatoms. The van der Waals surface area contributed by atoms with Crippen LogP contribution in [-0.4, -0.2) is 66.2 Å². The van der Waals surface area contributed by atoms with Crippen molar-refractivity contribution in [3.63, 3.8) is 0 Å². The molecule has 4 aromatic heterocycles. The minimum absolute atomic E-state index is 0.0592. The van der Waals surface area contributed by atoms with Crippen LogP contribution in [0.3, 0.4) is 0 Å². The zero-order valence-corrected chi connectivity index (χ0v) is 20.4. The molecule has 0 saturated carbocycles. The van der Waals surface area contributed by atoms with Crippen molar-refractivity contribution in [2.45, 2.75) is 25.7 Å². The van der Waals surface area contributed by atoms with Crippen molar-refractivity contribution in [1.29, 1.82) is 0 Å². The second-order valence-electron chi connectivity index (χ2n) is 8.90. The minimum Gasteiger partial charge on any atom is -0.358 e. The lowest BCUT2D eigenvalue weighted by Crippen LogP contribution is -2.54. The molecule has 1 aliphatic rings. The number of benzene rings is 1. The van der Waals surface area contributed by atoms with Crippen molar-refractivity contribution in [3.8, 4) is 11.5 Å². The number of imidazole rings is 1. The van der Waals surface area contributed by atoms with E-state index in [1.165, 1.54) is 0 Å². The molecular formula is C24H21F3N8OS. The maximum absolute atomic E-state index is 13.6. The maximum atomic E-state index is 13.6. The number of hydrogen-bond acceptors (Lipinski definition) is 7. The quantitative estimate of drug-likeness (QED) is 0.377. The number of pyridine rings is 1. The molecule has 1 fully saturated rings. The highest BCUT2D eigenvalue weighted by Gasteiger charge is 2.39. The van der Waals surface area contributed by atoms with Crippen LogP contribution in [0.25, 0.3) is 33.6 Å². The van der Waals surface area contributed by atoms with Crippen LogP contribution in [0.5, 0.6) is 0 Å². The van der Waals surface area contributed by atoms with E-state index in [1.807, 2.05) is 36.1 Å². The summed E-state index contributed by atoms with van der Waals surface area (Å²) in [7, 11) is 0. The average Bonchev–Trinajstić information content (AvgIpc) is 3.59. The van der Waals surface area contributed by atoms with E-state index in [0.29, 0.717) is 47.1 Å². The Labute approximate surface area is 212 Å². The standard InChI is InChI=1S/C24H21F3N8OS/c1-14-11-33(9-10-35(14)18(36)13-34-12-15-5-4-8-28-20(15)32-34)22-19(31-23(37-22)24(25,26)27)21-29-16-6-2-3-7-17(16)30-21/h2-8,12,14H,9-11,13H2,1H3,(H,29,30)/t14-/m1/s1. The van der Waals surface area contributed by atoms with Gasteiger partial charge in [-0.3, -0.25) is 9.48 Å². The number of piperazine rings is 1. The number of aromatic nitrogens is 6. The topological polar surface area (TPSA) is 95.8 Å². The molecule has 37 heavy (non-hydrogen) atoms. The third-order valence-corrected chi connectivity index (χ3v) is 7.49. The van der Waals surface area contributed by atoms with Crippen LogP contribution in [0, 0.1) is 0 Å². The molecule has 1 atom stereocenters. The Kier molecular flexibility index (Phi) is 5.59. The number of hydrogen-bond donors (Lipinski definition) is 1. The normalized spacial score (nSPS) is 16.7. The first-order chi connectivity index (χ1) is 17.8. The Bertz CT molecular complexity index is 1540. The zero-order chi connectivity index (χ0) is 25.7. The van der Waals surface area contributed by atoms with Gasteiger partial charge < -0.3 is 14.8 Å². The fourth-order valence-electron chi connectivity index (χ4n) is 4.59. The molecule has 0 spiro atoms. The fraction of sp³-hybridized carbons (Fsp3) is 0.292. The molecule has 1 amide bonds. The average molecular weight is 527 g/mol. The maximum Gasteiger partial charge on any atom is 0.443 e. The van der Waals surface area contributed by atoms with Crippen LogP contribution < -0.4 is 4.90 Å². The number of carbonyl (C=O) groups excluding carboxylic acids is 1. The largest absolute Gasteiger partial charge is 0.443 e. The highest BCUT2D eigenvalue weighted by atomic mass is 32.1. The summed E-state index contributed by atoms with van der Waals surface area (Å²) < 4.78 is 42.5. The summed E-state index contributed by atoms with van der Waals surface area (Å²) in [4.78, 5) is 32.4. The van der Waals surface area contributed by atoms with Gasteiger partial charge in [-0.1, -0.05) is 23.5 Å². The van der Waals surface area contributed by atoms with Gasteiger partial charge in [0.1, 0.15) is 17.2 Å². The van der Waals surface area contributed by atoms with E-state index in [-0.39, 0.29) is 30.0 Å². The first-order valence-electron chi connectivity index (χ1n) is 11.6. The molecule has 5 aromatic rings. The highest BCUT2D eigenvalue weighted by molar-refractivity contribution is 7.16. The summed E-state index contributed by atoms with van der Waals surface area (Å²) in [6, 6.07) is 10.7.